The van der Waals surface area contributed by atoms with Crippen LogP contribution in [-0.2, 0) is 20.7 Å². The van der Waals surface area contributed by atoms with Crippen molar-refractivity contribution >= 4 is 17.9 Å². The predicted molar refractivity (Wildman–Crippen MR) is 149 cm³/mol. The van der Waals surface area contributed by atoms with Gasteiger partial charge in [0.05, 0.1) is 0 Å². The van der Waals surface area contributed by atoms with Crippen molar-refractivity contribution in [3.63, 3.8) is 0 Å². The second-order valence-corrected chi connectivity index (χ2v) is 10.8. The number of ether oxygens (including phenoxy) is 1. The first-order valence-corrected chi connectivity index (χ1v) is 13.3. The average Bonchev–Trinajstić information content (AvgIpc) is 2.81. The average molecular weight is 526 g/mol. The lowest BCUT2D eigenvalue weighted by Gasteiger charge is -2.35. The topological polar surface area (TPSA) is 108 Å². The van der Waals surface area contributed by atoms with Crippen molar-refractivity contribution in [3.05, 3.63) is 65.7 Å². The number of aromatic hydroxyl groups is 1. The minimum Gasteiger partial charge on any atom is -0.508 e. The molecular formula is C30H43N3O5. The van der Waals surface area contributed by atoms with Gasteiger partial charge in [0.2, 0.25) is 11.8 Å². The quantitative estimate of drug-likeness (QED) is 0.334. The smallest absolute Gasteiger partial charge is 0.408 e. The Kier molecular flexibility index (Phi) is 11.6. The maximum Gasteiger partial charge on any atom is 0.408 e. The molecule has 3 amide bonds. The molecule has 208 valence electrons. The van der Waals surface area contributed by atoms with Gasteiger partial charge in [0.1, 0.15) is 23.4 Å². The lowest BCUT2D eigenvalue weighted by molar-refractivity contribution is -0.142. The summed E-state index contributed by atoms with van der Waals surface area (Å²) in [5.41, 5.74) is 0.603. The highest BCUT2D eigenvalue weighted by Crippen LogP contribution is 2.27. The molecule has 2 atom stereocenters. The van der Waals surface area contributed by atoms with E-state index in [2.05, 4.69) is 17.6 Å². The number of alkyl carbamates (subject to hydrolysis) is 1. The van der Waals surface area contributed by atoms with Crippen molar-refractivity contribution in [2.75, 3.05) is 6.54 Å². The number of benzene rings is 2. The Morgan fingerprint density at radius 2 is 1.66 bits per heavy atom. The fraction of sp³-hybridized carbons (Fsp3) is 0.500. The third-order valence-electron chi connectivity index (χ3n) is 5.73. The van der Waals surface area contributed by atoms with Gasteiger partial charge in [-0.2, -0.15) is 0 Å². The number of rotatable bonds is 12. The predicted octanol–water partition coefficient (Wildman–Crippen LogP) is 5.11. The molecule has 8 heteroatoms. The van der Waals surface area contributed by atoms with Crippen molar-refractivity contribution in [2.24, 2.45) is 0 Å². The van der Waals surface area contributed by atoms with Crippen molar-refractivity contribution in [2.45, 2.75) is 91.0 Å². The summed E-state index contributed by atoms with van der Waals surface area (Å²) >= 11 is 0. The molecular weight excluding hydrogens is 482 g/mol. The molecule has 8 nitrogen and oxygen atoms in total. The second kappa shape index (κ2) is 14.4. The first-order valence-electron chi connectivity index (χ1n) is 13.3. The molecule has 0 aliphatic carbocycles. The lowest BCUT2D eigenvalue weighted by Crippen LogP contribution is -2.54. The van der Waals surface area contributed by atoms with Gasteiger partial charge in [0.15, 0.2) is 0 Å². The molecule has 0 heterocycles. The molecule has 2 aromatic rings. The molecule has 0 spiro atoms. The number of hydrogen-bond acceptors (Lipinski definition) is 5. The minimum absolute atomic E-state index is 0.00137. The van der Waals surface area contributed by atoms with Crippen molar-refractivity contribution < 1.29 is 24.2 Å². The van der Waals surface area contributed by atoms with Crippen LogP contribution in [0.25, 0.3) is 0 Å². The zero-order chi connectivity index (χ0) is 28.3. The molecule has 0 radical (unpaired) electrons. The third-order valence-corrected chi connectivity index (χ3v) is 5.73. The molecule has 0 bridgehead atoms. The van der Waals surface area contributed by atoms with Gasteiger partial charge in [0.25, 0.3) is 0 Å². The van der Waals surface area contributed by atoms with E-state index in [0.717, 1.165) is 18.4 Å². The van der Waals surface area contributed by atoms with Gasteiger partial charge in [-0.1, -0.05) is 62.2 Å². The summed E-state index contributed by atoms with van der Waals surface area (Å²) < 4.78 is 5.46. The van der Waals surface area contributed by atoms with Crippen LogP contribution in [0.1, 0.15) is 78.0 Å². The number of nitrogens with one attached hydrogen (secondary N) is 2. The van der Waals surface area contributed by atoms with E-state index in [1.165, 1.54) is 17.0 Å². The van der Waals surface area contributed by atoms with E-state index in [9.17, 15) is 19.5 Å². The Hall–Kier alpha value is -3.55. The number of phenolic OH excluding ortho intramolecular Hbond substituents is 1. The zero-order valence-electron chi connectivity index (χ0n) is 23.5. The van der Waals surface area contributed by atoms with E-state index in [1.54, 1.807) is 32.9 Å². The summed E-state index contributed by atoms with van der Waals surface area (Å²) in [4.78, 5) is 42.1. The van der Waals surface area contributed by atoms with Crippen LogP contribution < -0.4 is 10.6 Å². The number of phenols is 1. The largest absolute Gasteiger partial charge is 0.508 e. The van der Waals surface area contributed by atoms with Gasteiger partial charge in [-0.05, 0) is 64.3 Å². The van der Waals surface area contributed by atoms with E-state index in [0.29, 0.717) is 18.5 Å². The zero-order valence-corrected chi connectivity index (χ0v) is 23.5. The minimum atomic E-state index is -0.993. The normalized spacial score (nSPS) is 12.9. The maximum atomic E-state index is 14.2. The van der Waals surface area contributed by atoms with E-state index < -0.39 is 29.7 Å². The fourth-order valence-electron chi connectivity index (χ4n) is 4.13. The highest BCUT2D eigenvalue weighted by Gasteiger charge is 2.36. The van der Waals surface area contributed by atoms with Crippen LogP contribution in [0.5, 0.6) is 5.75 Å². The summed E-state index contributed by atoms with van der Waals surface area (Å²) in [7, 11) is 0. The van der Waals surface area contributed by atoms with Crippen LogP contribution in [0, 0.1) is 0 Å². The van der Waals surface area contributed by atoms with Crippen LogP contribution in [0.3, 0.4) is 0 Å². The lowest BCUT2D eigenvalue weighted by atomic mass is 9.99. The number of carbonyl (C=O) groups is 3. The first kappa shape index (κ1) is 30.7. The second-order valence-electron chi connectivity index (χ2n) is 10.8. The van der Waals surface area contributed by atoms with Crippen LogP contribution >= 0.6 is 0 Å². The number of hydrogen-bond donors (Lipinski definition) is 3. The van der Waals surface area contributed by atoms with Crippen LogP contribution in [0.2, 0.25) is 0 Å². The van der Waals surface area contributed by atoms with E-state index in [-0.39, 0.29) is 24.1 Å². The molecule has 0 aliphatic heterocycles. The molecule has 0 saturated heterocycles. The van der Waals surface area contributed by atoms with E-state index >= 15 is 0 Å². The standard InChI is InChI=1S/C30H43N3O5/c1-7-8-12-18-33(26(27(35)31-21(2)3)23-16-13-17-24(34)20-23)28(36)25(19-22-14-10-9-11-15-22)32-29(37)38-30(4,5)6/h9-11,13-17,20-21,25-26,34H,7-8,12,18-19H2,1-6H3,(H,31,35)(H,32,37). The number of unbranched alkanes of at least 4 members (excludes halogenated alkanes) is 2. The molecule has 2 aromatic carbocycles. The van der Waals surface area contributed by atoms with Gasteiger partial charge < -0.3 is 25.4 Å². The highest BCUT2D eigenvalue weighted by atomic mass is 16.6. The van der Waals surface area contributed by atoms with Crippen LogP contribution in [0.15, 0.2) is 54.6 Å². The van der Waals surface area contributed by atoms with Gasteiger partial charge in [-0.3, -0.25) is 9.59 Å². The molecule has 0 aliphatic rings. The first-order chi connectivity index (χ1) is 17.9. The maximum absolute atomic E-state index is 14.2. The van der Waals surface area contributed by atoms with Gasteiger partial charge in [0, 0.05) is 19.0 Å². The van der Waals surface area contributed by atoms with Crippen molar-refractivity contribution in [1.29, 1.82) is 0 Å². The molecule has 0 aromatic heterocycles. The van der Waals surface area contributed by atoms with Gasteiger partial charge in [-0.15, -0.1) is 0 Å². The highest BCUT2D eigenvalue weighted by molar-refractivity contribution is 5.92. The Labute approximate surface area is 226 Å². The molecule has 3 N–H and O–H groups in total. The van der Waals surface area contributed by atoms with Crippen molar-refractivity contribution in [1.82, 2.24) is 15.5 Å². The number of carbonyl (C=O) groups excluding carboxylic acids is 3. The Balaban J connectivity index is 2.54. The number of amides is 3. The Bertz CT molecular complexity index is 1050. The van der Waals surface area contributed by atoms with Crippen LogP contribution in [0.4, 0.5) is 4.79 Å². The molecule has 0 saturated carbocycles. The van der Waals surface area contributed by atoms with E-state index in [4.69, 9.17) is 4.74 Å². The monoisotopic (exact) mass is 525 g/mol. The third kappa shape index (κ3) is 10.1. The van der Waals surface area contributed by atoms with Gasteiger partial charge in [-0.25, -0.2) is 4.79 Å². The molecule has 38 heavy (non-hydrogen) atoms. The Morgan fingerprint density at radius 1 is 0.974 bits per heavy atom. The molecule has 0 fully saturated rings. The number of nitrogens with zero attached hydrogens (tertiary/aromatic N) is 1. The molecule has 2 rings (SSSR count). The Morgan fingerprint density at radius 3 is 2.24 bits per heavy atom. The summed E-state index contributed by atoms with van der Waals surface area (Å²) in [6.45, 7) is 11.3. The summed E-state index contributed by atoms with van der Waals surface area (Å²) in [5, 5.41) is 15.9. The summed E-state index contributed by atoms with van der Waals surface area (Å²) in [5.74, 6) is -0.757. The summed E-state index contributed by atoms with van der Waals surface area (Å²) in [6, 6.07) is 13.7. The van der Waals surface area contributed by atoms with Crippen LogP contribution in [-0.4, -0.2) is 52.1 Å². The molecule has 2 unspecified atom stereocenters. The van der Waals surface area contributed by atoms with Crippen molar-refractivity contribution in [3.8, 4) is 5.75 Å². The fourth-order valence-corrected chi connectivity index (χ4v) is 4.13. The van der Waals surface area contributed by atoms with Gasteiger partial charge >= 0.3 is 6.09 Å². The summed E-state index contributed by atoms with van der Waals surface area (Å²) in [6.07, 6.45) is 1.99. The SMILES string of the molecule is CCCCCN(C(=O)C(Cc1ccccc1)NC(=O)OC(C)(C)C)C(C(=O)NC(C)C)c1cccc(O)c1. The van der Waals surface area contributed by atoms with E-state index in [1.807, 2.05) is 44.2 Å².